The van der Waals surface area contributed by atoms with Gasteiger partial charge in [0, 0.05) is 22.1 Å². The molecule has 0 spiro atoms. The molecule has 3 N–H and O–H groups in total. The number of rotatable bonds is 6. The number of benzene rings is 3. The monoisotopic (exact) mass is 480 g/mol. The largest absolute Gasteiger partial charge is 0.497 e. The number of carbonyl (C=O) groups excluding carboxylic acids is 1. The highest BCUT2D eigenvalue weighted by Crippen LogP contribution is 2.38. The van der Waals surface area contributed by atoms with E-state index in [2.05, 4.69) is 40.4 Å². The first-order valence-corrected chi connectivity index (χ1v) is 12.0. The average molecular weight is 481 g/mol. The lowest BCUT2D eigenvalue weighted by Gasteiger charge is -2.08. The molecule has 7 heteroatoms. The topological polar surface area (TPSA) is 90.1 Å². The van der Waals surface area contributed by atoms with Crippen LogP contribution in [0.3, 0.4) is 0 Å². The lowest BCUT2D eigenvalue weighted by atomic mass is 10.0. The van der Waals surface area contributed by atoms with Gasteiger partial charge in [0.15, 0.2) is 0 Å². The number of carbonyl (C=O) groups is 1. The summed E-state index contributed by atoms with van der Waals surface area (Å²) >= 11 is 1.70. The highest BCUT2D eigenvalue weighted by atomic mass is 32.1. The Kier molecular flexibility index (Phi) is 6.16. The summed E-state index contributed by atoms with van der Waals surface area (Å²) < 4.78 is 6.37. The molecule has 1 amide bonds. The summed E-state index contributed by atoms with van der Waals surface area (Å²) in [5.74, 6) is 0.877. The average Bonchev–Trinajstić information content (AvgIpc) is 3.20. The highest BCUT2D eigenvalue weighted by molar-refractivity contribution is 7.22. The van der Waals surface area contributed by atoms with E-state index in [0.29, 0.717) is 5.56 Å². The van der Waals surface area contributed by atoms with Gasteiger partial charge in [-0.3, -0.25) is 4.79 Å². The van der Waals surface area contributed by atoms with Crippen molar-refractivity contribution in [1.82, 2.24) is 9.97 Å². The normalized spacial score (nSPS) is 10.9. The number of aryl methyl sites for hydroxylation is 1. The van der Waals surface area contributed by atoms with E-state index in [1.54, 1.807) is 24.6 Å². The van der Waals surface area contributed by atoms with Gasteiger partial charge in [-0.15, -0.1) is 11.3 Å². The van der Waals surface area contributed by atoms with Crippen LogP contribution in [0.1, 0.15) is 27.0 Å². The van der Waals surface area contributed by atoms with Crippen LogP contribution in [0.15, 0.2) is 79.0 Å². The van der Waals surface area contributed by atoms with Crippen LogP contribution >= 0.6 is 11.3 Å². The van der Waals surface area contributed by atoms with Gasteiger partial charge in [0.1, 0.15) is 5.75 Å². The number of fused-ring (bicyclic) bond motifs is 1. The Morgan fingerprint density at radius 3 is 2.60 bits per heavy atom. The van der Waals surface area contributed by atoms with Crippen molar-refractivity contribution in [3.05, 3.63) is 101 Å². The lowest BCUT2D eigenvalue weighted by molar-refractivity contribution is 0.102. The zero-order chi connectivity index (χ0) is 24.4. The predicted octanol–water partition coefficient (Wildman–Crippen LogP) is 6.10. The first-order valence-electron chi connectivity index (χ1n) is 11.2. The number of anilines is 2. The molecule has 174 valence electrons. The predicted molar refractivity (Wildman–Crippen MR) is 142 cm³/mol. The molecule has 0 fully saturated rings. The molecule has 6 nitrogen and oxygen atoms in total. The molecule has 3 aromatic carbocycles. The Bertz CT molecular complexity index is 1530. The van der Waals surface area contributed by atoms with Crippen LogP contribution in [0.2, 0.25) is 0 Å². The van der Waals surface area contributed by atoms with Crippen LogP contribution in [0.25, 0.3) is 20.7 Å². The van der Waals surface area contributed by atoms with E-state index >= 15 is 0 Å². The fraction of sp³-hybridized carbons (Fsp3) is 0.107. The second kappa shape index (κ2) is 9.56. The third-order valence-electron chi connectivity index (χ3n) is 5.85. The zero-order valence-corrected chi connectivity index (χ0v) is 20.2. The Morgan fingerprint density at radius 1 is 1.03 bits per heavy atom. The number of nitrogens with zero attached hydrogens (tertiary/aromatic N) is 2. The van der Waals surface area contributed by atoms with Gasteiger partial charge in [-0.1, -0.05) is 18.2 Å². The zero-order valence-electron chi connectivity index (χ0n) is 19.4. The minimum Gasteiger partial charge on any atom is -0.497 e. The molecule has 5 aromatic rings. The van der Waals surface area contributed by atoms with Crippen molar-refractivity contribution in [2.24, 2.45) is 0 Å². The first kappa shape index (κ1) is 22.6. The summed E-state index contributed by atoms with van der Waals surface area (Å²) in [4.78, 5) is 22.3. The van der Waals surface area contributed by atoms with Gasteiger partial charge in [0.25, 0.3) is 5.91 Å². The summed E-state index contributed by atoms with van der Waals surface area (Å²) in [6, 6.07) is 23.4. The van der Waals surface area contributed by atoms with Gasteiger partial charge in [0.05, 0.1) is 17.7 Å². The van der Waals surface area contributed by atoms with Gasteiger partial charge in [-0.25, -0.2) is 9.97 Å². The van der Waals surface area contributed by atoms with Crippen LogP contribution in [0.4, 0.5) is 11.6 Å². The SMILES string of the molecule is COc1ccc(NC(=O)c2cccc(Cc3ccc4sc(-c5ccnc(N)n5)c(C)c4c3)c2)cc1. The third-order valence-corrected chi connectivity index (χ3v) is 7.15. The van der Waals surface area contributed by atoms with Crippen LogP contribution in [0, 0.1) is 6.92 Å². The van der Waals surface area contributed by atoms with Crippen LogP contribution in [0.5, 0.6) is 5.75 Å². The van der Waals surface area contributed by atoms with E-state index in [4.69, 9.17) is 10.5 Å². The van der Waals surface area contributed by atoms with Crippen molar-refractivity contribution < 1.29 is 9.53 Å². The van der Waals surface area contributed by atoms with Gasteiger partial charge in [-0.2, -0.15) is 0 Å². The number of thiophene rings is 1. The van der Waals surface area contributed by atoms with Gasteiger partial charge in [-0.05, 0) is 90.0 Å². The smallest absolute Gasteiger partial charge is 0.255 e. The molecule has 35 heavy (non-hydrogen) atoms. The molecule has 0 aliphatic rings. The number of nitrogens with two attached hydrogens (primary N) is 1. The fourth-order valence-corrected chi connectivity index (χ4v) is 5.22. The van der Waals surface area contributed by atoms with Crippen LogP contribution in [-0.4, -0.2) is 23.0 Å². The lowest BCUT2D eigenvalue weighted by Crippen LogP contribution is -2.12. The summed E-state index contributed by atoms with van der Waals surface area (Å²) in [5, 5.41) is 4.14. The highest BCUT2D eigenvalue weighted by Gasteiger charge is 2.13. The quantitative estimate of drug-likeness (QED) is 0.306. The van der Waals surface area contributed by atoms with Crippen molar-refractivity contribution in [1.29, 1.82) is 0 Å². The van der Waals surface area contributed by atoms with Crippen molar-refractivity contribution >= 4 is 39.0 Å². The number of nitrogens with one attached hydrogen (secondary N) is 1. The van der Waals surface area contributed by atoms with Crippen molar-refractivity contribution in [2.45, 2.75) is 13.3 Å². The van der Waals surface area contributed by atoms with E-state index in [0.717, 1.165) is 34.0 Å². The van der Waals surface area contributed by atoms with Crippen molar-refractivity contribution in [2.75, 3.05) is 18.2 Å². The van der Waals surface area contributed by atoms with Gasteiger partial charge >= 0.3 is 0 Å². The second-order valence-corrected chi connectivity index (χ2v) is 9.30. The molecule has 0 unspecified atom stereocenters. The van der Waals surface area contributed by atoms with Crippen LogP contribution < -0.4 is 15.8 Å². The second-order valence-electron chi connectivity index (χ2n) is 8.25. The fourth-order valence-electron chi connectivity index (χ4n) is 4.06. The summed E-state index contributed by atoms with van der Waals surface area (Å²) in [6.45, 7) is 2.11. The van der Waals surface area contributed by atoms with Crippen molar-refractivity contribution in [3.63, 3.8) is 0 Å². The van der Waals surface area contributed by atoms with Crippen molar-refractivity contribution in [3.8, 4) is 16.3 Å². The standard InChI is InChI=1S/C28H24N4O2S/c1-17-23-16-19(6-11-25(23)35-26(17)24-12-13-30-28(29)32-24)14-18-4-3-5-20(15-18)27(33)31-21-7-9-22(34-2)10-8-21/h3-13,15-16H,14H2,1-2H3,(H,31,33)(H2,29,30,32). The number of amides is 1. The Labute approximate surface area is 207 Å². The molecular weight excluding hydrogens is 456 g/mol. The maximum absolute atomic E-state index is 12.8. The number of ether oxygens (including phenoxy) is 1. The molecule has 5 rings (SSSR count). The third kappa shape index (κ3) is 4.85. The number of methoxy groups -OCH3 is 1. The minimum absolute atomic E-state index is 0.144. The van der Waals surface area contributed by atoms with E-state index in [-0.39, 0.29) is 11.9 Å². The molecule has 0 aliphatic carbocycles. The Morgan fingerprint density at radius 2 is 1.83 bits per heavy atom. The number of hydrogen-bond acceptors (Lipinski definition) is 6. The molecular formula is C28H24N4O2S. The Hall–Kier alpha value is -4.23. The molecule has 0 saturated carbocycles. The molecule has 2 aromatic heterocycles. The maximum Gasteiger partial charge on any atom is 0.255 e. The molecule has 0 bridgehead atoms. The molecule has 0 atom stereocenters. The molecule has 0 radical (unpaired) electrons. The van der Waals surface area contributed by atoms with E-state index in [1.807, 2.05) is 54.6 Å². The van der Waals surface area contributed by atoms with E-state index in [9.17, 15) is 4.79 Å². The maximum atomic E-state index is 12.8. The van der Waals surface area contributed by atoms with E-state index < -0.39 is 0 Å². The Balaban J connectivity index is 1.36. The first-order chi connectivity index (χ1) is 17.0. The molecule has 0 aliphatic heterocycles. The summed E-state index contributed by atoms with van der Waals surface area (Å²) in [5.41, 5.74) is 11.4. The minimum atomic E-state index is -0.144. The summed E-state index contributed by atoms with van der Waals surface area (Å²) in [7, 11) is 1.61. The van der Waals surface area contributed by atoms with Gasteiger partial charge < -0.3 is 15.8 Å². The van der Waals surface area contributed by atoms with Gasteiger partial charge in [0.2, 0.25) is 5.95 Å². The summed E-state index contributed by atoms with van der Waals surface area (Å²) in [6.07, 6.45) is 2.41. The molecule has 0 saturated heterocycles. The van der Waals surface area contributed by atoms with Crippen LogP contribution in [-0.2, 0) is 6.42 Å². The van der Waals surface area contributed by atoms with E-state index in [1.165, 1.54) is 21.2 Å². The number of aromatic nitrogens is 2. The molecule has 2 heterocycles. The number of nitrogen functional groups attached to an aromatic ring is 1. The number of hydrogen-bond donors (Lipinski definition) is 2.